The average Bonchev–Trinajstić information content (AvgIpc) is 2.88. The Kier molecular flexibility index (Phi) is 7.50. The standard InChI is InChI=1S/C30H32N2/c1-23(25-15-7-3-8-16-25)31-29(27-19-11-5-12-20-27)30(28-21-13-6-14-22-28)32-24(2)26-17-9-4-10-18-26/h3-24,29-32H,1-2H3/t23-,24-,29+,30+/m0/s1. The van der Waals surface area contributed by atoms with Crippen LogP contribution in [0.5, 0.6) is 0 Å². The third-order valence-electron chi connectivity index (χ3n) is 6.11. The van der Waals surface area contributed by atoms with Crippen molar-refractivity contribution in [1.29, 1.82) is 0 Å². The molecular formula is C30H32N2. The van der Waals surface area contributed by atoms with Crippen LogP contribution in [-0.4, -0.2) is 0 Å². The number of hydrogen-bond donors (Lipinski definition) is 2. The van der Waals surface area contributed by atoms with Crippen LogP contribution in [0.3, 0.4) is 0 Å². The predicted octanol–water partition coefficient (Wildman–Crippen LogP) is 7.17. The lowest BCUT2D eigenvalue weighted by Gasteiger charge is -2.34. The Hall–Kier alpha value is -3.20. The van der Waals surface area contributed by atoms with Gasteiger partial charge in [0, 0.05) is 12.1 Å². The molecule has 162 valence electrons. The fourth-order valence-corrected chi connectivity index (χ4v) is 4.31. The van der Waals surface area contributed by atoms with Crippen molar-refractivity contribution in [3.63, 3.8) is 0 Å². The number of rotatable bonds is 9. The van der Waals surface area contributed by atoms with Crippen molar-refractivity contribution in [2.45, 2.75) is 38.0 Å². The summed E-state index contributed by atoms with van der Waals surface area (Å²) in [5.74, 6) is 0. The number of benzene rings is 4. The normalized spacial score (nSPS) is 14.9. The lowest BCUT2D eigenvalue weighted by atomic mass is 9.90. The first-order chi connectivity index (χ1) is 15.7. The van der Waals surface area contributed by atoms with Gasteiger partial charge in [0.15, 0.2) is 0 Å². The fourth-order valence-electron chi connectivity index (χ4n) is 4.31. The summed E-state index contributed by atoms with van der Waals surface area (Å²) in [5.41, 5.74) is 5.13. The Labute approximate surface area is 192 Å². The van der Waals surface area contributed by atoms with Gasteiger partial charge in [-0.2, -0.15) is 0 Å². The van der Waals surface area contributed by atoms with Crippen molar-refractivity contribution in [2.24, 2.45) is 0 Å². The molecule has 2 N–H and O–H groups in total. The first kappa shape index (κ1) is 22.0. The van der Waals surface area contributed by atoms with Gasteiger partial charge in [-0.15, -0.1) is 0 Å². The molecule has 4 aromatic rings. The summed E-state index contributed by atoms with van der Waals surface area (Å²) in [5, 5.41) is 7.88. The quantitative estimate of drug-likeness (QED) is 0.300. The molecule has 4 aromatic carbocycles. The molecule has 0 spiro atoms. The topological polar surface area (TPSA) is 24.1 Å². The molecule has 0 aromatic heterocycles. The second-order valence-electron chi connectivity index (χ2n) is 8.37. The molecule has 32 heavy (non-hydrogen) atoms. The molecule has 0 aliphatic carbocycles. The van der Waals surface area contributed by atoms with Gasteiger partial charge < -0.3 is 10.6 Å². The Morgan fingerprint density at radius 3 is 0.906 bits per heavy atom. The zero-order valence-corrected chi connectivity index (χ0v) is 18.9. The first-order valence-corrected chi connectivity index (χ1v) is 11.4. The molecule has 0 aliphatic rings. The van der Waals surface area contributed by atoms with Crippen LogP contribution in [0.2, 0.25) is 0 Å². The summed E-state index contributed by atoms with van der Waals surface area (Å²) in [6.45, 7) is 4.49. The van der Waals surface area contributed by atoms with E-state index in [-0.39, 0.29) is 24.2 Å². The van der Waals surface area contributed by atoms with E-state index in [1.807, 2.05) is 0 Å². The van der Waals surface area contributed by atoms with E-state index in [9.17, 15) is 0 Å². The van der Waals surface area contributed by atoms with Crippen LogP contribution in [0.25, 0.3) is 0 Å². The minimum absolute atomic E-state index is 0.0972. The zero-order chi connectivity index (χ0) is 22.2. The number of hydrogen-bond acceptors (Lipinski definition) is 2. The Balaban J connectivity index is 1.70. The van der Waals surface area contributed by atoms with Gasteiger partial charge in [-0.3, -0.25) is 0 Å². The second kappa shape index (κ2) is 10.9. The van der Waals surface area contributed by atoms with E-state index in [0.29, 0.717) is 0 Å². The Morgan fingerprint density at radius 2 is 0.625 bits per heavy atom. The molecule has 0 fully saturated rings. The highest BCUT2D eigenvalue weighted by Crippen LogP contribution is 2.33. The molecule has 4 rings (SSSR count). The summed E-state index contributed by atoms with van der Waals surface area (Å²) in [4.78, 5) is 0. The van der Waals surface area contributed by atoms with E-state index < -0.39 is 0 Å². The van der Waals surface area contributed by atoms with E-state index in [4.69, 9.17) is 0 Å². The van der Waals surface area contributed by atoms with E-state index in [1.165, 1.54) is 22.3 Å². The fraction of sp³-hybridized carbons (Fsp3) is 0.200. The van der Waals surface area contributed by atoms with Crippen LogP contribution >= 0.6 is 0 Å². The maximum atomic E-state index is 3.94. The van der Waals surface area contributed by atoms with Gasteiger partial charge >= 0.3 is 0 Å². The van der Waals surface area contributed by atoms with Gasteiger partial charge in [-0.05, 0) is 36.1 Å². The second-order valence-corrected chi connectivity index (χ2v) is 8.37. The molecule has 0 heterocycles. The average molecular weight is 421 g/mol. The van der Waals surface area contributed by atoms with Crippen molar-refractivity contribution in [2.75, 3.05) is 0 Å². The molecule has 2 heteroatoms. The van der Waals surface area contributed by atoms with Crippen LogP contribution in [0.4, 0.5) is 0 Å². The minimum atomic E-state index is 0.0972. The van der Waals surface area contributed by atoms with Crippen LogP contribution in [0.1, 0.15) is 60.3 Å². The smallest absolute Gasteiger partial charge is 0.0523 e. The molecule has 0 saturated heterocycles. The Morgan fingerprint density at radius 1 is 0.375 bits per heavy atom. The van der Waals surface area contributed by atoms with E-state index in [0.717, 1.165) is 0 Å². The summed E-state index contributed by atoms with van der Waals surface area (Å²) in [6, 6.07) is 43.5. The molecule has 0 saturated carbocycles. The molecule has 4 atom stereocenters. The van der Waals surface area contributed by atoms with Gasteiger partial charge in [0.25, 0.3) is 0 Å². The van der Waals surface area contributed by atoms with E-state index in [2.05, 4.69) is 146 Å². The maximum absolute atomic E-state index is 3.94. The van der Waals surface area contributed by atoms with E-state index in [1.54, 1.807) is 0 Å². The highest BCUT2D eigenvalue weighted by molar-refractivity contribution is 5.30. The van der Waals surface area contributed by atoms with Crippen molar-refractivity contribution in [3.8, 4) is 0 Å². The molecule has 0 amide bonds. The molecular weight excluding hydrogens is 388 g/mol. The van der Waals surface area contributed by atoms with Crippen LogP contribution in [-0.2, 0) is 0 Å². The monoisotopic (exact) mass is 420 g/mol. The first-order valence-electron chi connectivity index (χ1n) is 11.4. The van der Waals surface area contributed by atoms with Crippen molar-refractivity contribution in [1.82, 2.24) is 10.6 Å². The zero-order valence-electron chi connectivity index (χ0n) is 18.9. The lowest BCUT2D eigenvalue weighted by Crippen LogP contribution is -2.37. The summed E-state index contributed by atoms with van der Waals surface area (Å²) >= 11 is 0. The SMILES string of the molecule is C[C@H](N[C@H](c1ccccc1)[C@H](N[C@@H](C)c1ccccc1)c1ccccc1)c1ccccc1. The summed E-state index contributed by atoms with van der Waals surface area (Å²) in [7, 11) is 0. The summed E-state index contributed by atoms with van der Waals surface area (Å²) < 4.78 is 0. The van der Waals surface area contributed by atoms with Gasteiger partial charge in [0.05, 0.1) is 12.1 Å². The molecule has 0 bridgehead atoms. The van der Waals surface area contributed by atoms with Gasteiger partial charge in [0.1, 0.15) is 0 Å². The molecule has 2 nitrogen and oxygen atoms in total. The maximum Gasteiger partial charge on any atom is 0.0523 e. The Bertz CT molecular complexity index is 960. The third kappa shape index (κ3) is 5.53. The van der Waals surface area contributed by atoms with Crippen molar-refractivity contribution in [3.05, 3.63) is 144 Å². The highest BCUT2D eigenvalue weighted by atomic mass is 15.1. The molecule has 0 unspecified atom stereocenters. The van der Waals surface area contributed by atoms with Gasteiger partial charge in [-0.1, -0.05) is 121 Å². The van der Waals surface area contributed by atoms with Crippen LogP contribution in [0, 0.1) is 0 Å². The lowest BCUT2D eigenvalue weighted by molar-refractivity contribution is 0.333. The predicted molar refractivity (Wildman–Crippen MR) is 134 cm³/mol. The largest absolute Gasteiger partial charge is 0.302 e. The van der Waals surface area contributed by atoms with Crippen molar-refractivity contribution >= 4 is 0 Å². The van der Waals surface area contributed by atoms with Crippen LogP contribution < -0.4 is 10.6 Å². The third-order valence-corrected chi connectivity index (χ3v) is 6.11. The van der Waals surface area contributed by atoms with E-state index >= 15 is 0 Å². The van der Waals surface area contributed by atoms with Crippen LogP contribution in [0.15, 0.2) is 121 Å². The molecule has 0 radical (unpaired) electrons. The summed E-state index contributed by atoms with van der Waals surface area (Å²) in [6.07, 6.45) is 0. The minimum Gasteiger partial charge on any atom is -0.302 e. The van der Waals surface area contributed by atoms with Gasteiger partial charge in [0.2, 0.25) is 0 Å². The number of nitrogens with one attached hydrogen (secondary N) is 2. The van der Waals surface area contributed by atoms with Gasteiger partial charge in [-0.25, -0.2) is 0 Å². The highest BCUT2D eigenvalue weighted by Gasteiger charge is 2.28. The van der Waals surface area contributed by atoms with Crippen molar-refractivity contribution < 1.29 is 0 Å². The molecule has 0 aliphatic heterocycles.